The third-order valence-corrected chi connectivity index (χ3v) is 6.67. The predicted molar refractivity (Wildman–Crippen MR) is 134 cm³/mol. The van der Waals surface area contributed by atoms with Crippen LogP contribution in [0.5, 0.6) is 0 Å². The van der Waals surface area contributed by atoms with Crippen LogP contribution < -0.4 is 5.32 Å². The predicted octanol–water partition coefficient (Wildman–Crippen LogP) is 5.87. The molecule has 1 saturated carbocycles. The summed E-state index contributed by atoms with van der Waals surface area (Å²) >= 11 is 0. The van der Waals surface area contributed by atoms with E-state index in [4.69, 9.17) is 14.4 Å². The van der Waals surface area contributed by atoms with Gasteiger partial charge in [-0.05, 0) is 63.1 Å². The molecule has 6 nitrogen and oxygen atoms in total. The van der Waals surface area contributed by atoms with E-state index in [1.165, 1.54) is 5.56 Å². The van der Waals surface area contributed by atoms with Crippen molar-refractivity contribution in [1.82, 2.24) is 5.16 Å². The standard InChI is InChI=1S/C28H34N2O4/c1-4-33-25(32)18-28(15-16-28)24-13-11-22(12-14-24)21-7-9-23(10-8-21)27-26(20(3)30-34-27)29-19(2)6-5-17-31/h7-14,19,29,31H,4-6,15-18H2,1-3H3. The summed E-state index contributed by atoms with van der Waals surface area (Å²) in [5.41, 5.74) is 6.10. The average Bonchev–Trinajstić information content (AvgIpc) is 3.54. The number of ether oxygens (including phenoxy) is 1. The first-order chi connectivity index (χ1) is 16.5. The molecule has 1 aromatic heterocycles. The molecule has 0 spiro atoms. The number of rotatable bonds is 11. The van der Waals surface area contributed by atoms with Gasteiger partial charge in [0.1, 0.15) is 11.4 Å². The number of nitrogens with one attached hydrogen (secondary N) is 1. The molecule has 0 radical (unpaired) electrons. The molecule has 0 aliphatic heterocycles. The second-order valence-electron chi connectivity index (χ2n) is 9.30. The topological polar surface area (TPSA) is 84.6 Å². The van der Waals surface area contributed by atoms with Crippen molar-refractivity contribution in [1.29, 1.82) is 0 Å². The van der Waals surface area contributed by atoms with Crippen molar-refractivity contribution in [2.45, 2.75) is 64.3 Å². The Morgan fingerprint density at radius 2 is 1.74 bits per heavy atom. The Balaban J connectivity index is 1.47. The van der Waals surface area contributed by atoms with Gasteiger partial charge in [0.15, 0.2) is 5.76 Å². The molecule has 180 valence electrons. The lowest BCUT2D eigenvalue weighted by molar-refractivity contribution is -0.143. The zero-order chi connectivity index (χ0) is 24.1. The van der Waals surface area contributed by atoms with Crippen molar-refractivity contribution < 1.29 is 19.2 Å². The first-order valence-corrected chi connectivity index (χ1v) is 12.2. The van der Waals surface area contributed by atoms with Crippen molar-refractivity contribution in [3.8, 4) is 22.5 Å². The second-order valence-corrected chi connectivity index (χ2v) is 9.30. The number of aryl methyl sites for hydroxylation is 1. The molecule has 2 N–H and O–H groups in total. The molecule has 0 bridgehead atoms. The van der Waals surface area contributed by atoms with Crippen LogP contribution in [-0.4, -0.2) is 35.5 Å². The van der Waals surface area contributed by atoms with Gasteiger partial charge in [-0.25, -0.2) is 0 Å². The molecule has 3 aromatic rings. The van der Waals surface area contributed by atoms with Gasteiger partial charge in [0.2, 0.25) is 0 Å². The van der Waals surface area contributed by atoms with Gasteiger partial charge in [-0.15, -0.1) is 0 Å². The van der Waals surface area contributed by atoms with Crippen molar-refractivity contribution in [2.24, 2.45) is 0 Å². The smallest absolute Gasteiger partial charge is 0.306 e. The number of hydrogen-bond donors (Lipinski definition) is 2. The van der Waals surface area contributed by atoms with E-state index in [2.05, 4.69) is 65.9 Å². The van der Waals surface area contributed by atoms with Crippen molar-refractivity contribution in [3.63, 3.8) is 0 Å². The normalized spacial score (nSPS) is 15.1. The fourth-order valence-corrected chi connectivity index (χ4v) is 4.49. The van der Waals surface area contributed by atoms with Crippen molar-refractivity contribution >= 4 is 11.7 Å². The summed E-state index contributed by atoms with van der Waals surface area (Å²) in [6, 6.07) is 17.0. The van der Waals surface area contributed by atoms with Gasteiger partial charge < -0.3 is 19.7 Å². The SMILES string of the molecule is CCOC(=O)CC1(c2ccc(-c3ccc(-c4onc(C)c4NC(C)CCCO)cc3)cc2)CC1. The number of aliphatic hydroxyl groups is 1. The van der Waals surface area contributed by atoms with E-state index in [1.54, 1.807) is 0 Å². The van der Waals surface area contributed by atoms with Crippen molar-refractivity contribution in [2.75, 3.05) is 18.5 Å². The molecule has 4 rings (SSSR count). The van der Waals surface area contributed by atoms with Crippen LogP contribution in [0.4, 0.5) is 5.69 Å². The highest BCUT2D eigenvalue weighted by Crippen LogP contribution is 2.51. The summed E-state index contributed by atoms with van der Waals surface area (Å²) in [5.74, 6) is 0.615. The largest absolute Gasteiger partial charge is 0.466 e. The summed E-state index contributed by atoms with van der Waals surface area (Å²) in [7, 11) is 0. The number of esters is 1. The van der Waals surface area contributed by atoms with Crippen LogP contribution in [0, 0.1) is 6.92 Å². The zero-order valence-electron chi connectivity index (χ0n) is 20.3. The molecule has 1 fully saturated rings. The molecule has 1 aliphatic carbocycles. The molecule has 1 atom stereocenters. The molecular weight excluding hydrogens is 428 g/mol. The monoisotopic (exact) mass is 462 g/mol. The average molecular weight is 463 g/mol. The summed E-state index contributed by atoms with van der Waals surface area (Å²) in [6.45, 7) is 6.49. The van der Waals surface area contributed by atoms with Gasteiger partial charge in [0, 0.05) is 23.6 Å². The molecular formula is C28H34N2O4. The Hall–Kier alpha value is -3.12. The number of carbonyl (C=O) groups is 1. The Morgan fingerprint density at radius 3 is 2.32 bits per heavy atom. The Morgan fingerprint density at radius 1 is 1.12 bits per heavy atom. The van der Waals surface area contributed by atoms with Crippen LogP contribution in [0.2, 0.25) is 0 Å². The fraction of sp³-hybridized carbons (Fsp3) is 0.429. The number of nitrogens with zero attached hydrogens (tertiary/aromatic N) is 1. The number of carbonyl (C=O) groups excluding carboxylic acids is 1. The molecule has 0 amide bonds. The highest BCUT2D eigenvalue weighted by molar-refractivity contribution is 5.77. The van der Waals surface area contributed by atoms with Gasteiger partial charge in [0.05, 0.1) is 13.0 Å². The van der Waals surface area contributed by atoms with Gasteiger partial charge in [-0.2, -0.15) is 0 Å². The van der Waals surface area contributed by atoms with Gasteiger partial charge in [-0.3, -0.25) is 4.79 Å². The van der Waals surface area contributed by atoms with Gasteiger partial charge >= 0.3 is 5.97 Å². The van der Waals surface area contributed by atoms with Crippen LogP contribution in [0.15, 0.2) is 53.1 Å². The molecule has 34 heavy (non-hydrogen) atoms. The lowest BCUT2D eigenvalue weighted by atomic mass is 9.91. The Bertz CT molecular complexity index is 1100. The number of anilines is 1. The van der Waals surface area contributed by atoms with E-state index >= 15 is 0 Å². The number of benzene rings is 2. The maximum atomic E-state index is 12.0. The molecule has 1 heterocycles. The second kappa shape index (κ2) is 10.4. The summed E-state index contributed by atoms with van der Waals surface area (Å²) in [4.78, 5) is 12.0. The Labute approximate surface area is 201 Å². The van der Waals surface area contributed by atoms with E-state index in [1.807, 2.05) is 13.8 Å². The van der Waals surface area contributed by atoms with Crippen LogP contribution in [0.25, 0.3) is 22.5 Å². The minimum Gasteiger partial charge on any atom is -0.466 e. The van der Waals surface area contributed by atoms with Crippen molar-refractivity contribution in [3.05, 3.63) is 59.8 Å². The molecule has 6 heteroatoms. The van der Waals surface area contributed by atoms with Crippen LogP contribution in [-0.2, 0) is 14.9 Å². The van der Waals surface area contributed by atoms with E-state index < -0.39 is 0 Å². The highest BCUT2D eigenvalue weighted by atomic mass is 16.5. The maximum absolute atomic E-state index is 12.0. The highest BCUT2D eigenvalue weighted by Gasteiger charge is 2.46. The number of aliphatic hydroxyl groups excluding tert-OH is 1. The van der Waals surface area contributed by atoms with Crippen LogP contribution in [0.3, 0.4) is 0 Å². The van der Waals surface area contributed by atoms with E-state index in [9.17, 15) is 4.79 Å². The zero-order valence-corrected chi connectivity index (χ0v) is 20.3. The summed E-state index contributed by atoms with van der Waals surface area (Å²) in [5, 5.41) is 16.7. The number of aromatic nitrogens is 1. The first-order valence-electron chi connectivity index (χ1n) is 12.2. The maximum Gasteiger partial charge on any atom is 0.306 e. The number of hydrogen-bond acceptors (Lipinski definition) is 6. The fourth-order valence-electron chi connectivity index (χ4n) is 4.49. The van der Waals surface area contributed by atoms with Gasteiger partial charge in [0.25, 0.3) is 0 Å². The van der Waals surface area contributed by atoms with E-state index in [0.717, 1.165) is 59.5 Å². The van der Waals surface area contributed by atoms with E-state index in [0.29, 0.717) is 13.0 Å². The lowest BCUT2D eigenvalue weighted by Gasteiger charge is -2.15. The molecule has 1 unspecified atom stereocenters. The molecule has 2 aromatic carbocycles. The van der Waals surface area contributed by atoms with Crippen LogP contribution in [0.1, 0.15) is 57.2 Å². The Kier molecular flexibility index (Phi) is 7.37. The third-order valence-electron chi connectivity index (χ3n) is 6.67. The quantitative estimate of drug-likeness (QED) is 0.347. The summed E-state index contributed by atoms with van der Waals surface area (Å²) in [6.07, 6.45) is 4.15. The lowest BCUT2D eigenvalue weighted by Crippen LogP contribution is -2.16. The summed E-state index contributed by atoms with van der Waals surface area (Å²) < 4.78 is 10.8. The third kappa shape index (κ3) is 5.33. The minimum atomic E-state index is -0.112. The molecule has 1 aliphatic rings. The minimum absolute atomic E-state index is 0.0451. The molecule has 0 saturated heterocycles. The van der Waals surface area contributed by atoms with Gasteiger partial charge in [-0.1, -0.05) is 53.7 Å². The van der Waals surface area contributed by atoms with Crippen LogP contribution >= 0.6 is 0 Å². The first kappa shape index (κ1) is 24.0. The van der Waals surface area contributed by atoms with E-state index in [-0.39, 0.29) is 24.0 Å².